The fourth-order valence-electron chi connectivity index (χ4n) is 5.14. The van der Waals surface area contributed by atoms with E-state index in [2.05, 4.69) is 4.90 Å². The van der Waals surface area contributed by atoms with Crippen molar-refractivity contribution in [2.45, 2.75) is 37.1 Å². The molecule has 2 fully saturated rings. The number of fused-ring (bicyclic) bond motifs is 1. The number of rotatable bonds is 6. The first kappa shape index (κ1) is 23.8. The number of carbonyl (C=O) groups is 1. The second kappa shape index (κ2) is 9.95. The van der Waals surface area contributed by atoms with Gasteiger partial charge >= 0.3 is 0 Å². The van der Waals surface area contributed by atoms with E-state index in [1.54, 1.807) is 22.5 Å². The summed E-state index contributed by atoms with van der Waals surface area (Å²) >= 11 is 0. The van der Waals surface area contributed by atoms with Crippen molar-refractivity contribution in [3.05, 3.63) is 66.2 Å². The van der Waals surface area contributed by atoms with E-state index in [0.29, 0.717) is 31.1 Å². The molecular weight excluding hydrogens is 460 g/mol. The van der Waals surface area contributed by atoms with Crippen LogP contribution in [-0.4, -0.2) is 61.7 Å². The Hall–Kier alpha value is -2.97. The molecule has 1 amide bonds. The van der Waals surface area contributed by atoms with Gasteiger partial charge in [-0.2, -0.15) is 4.31 Å². The SMILES string of the molecule is CN(Cc1ccccc1)C(=O)C1CCCN(c2ccc3cc(S(=O)(=O)N4CCCC4)ccc3n2)C1. The lowest BCUT2D eigenvalue weighted by molar-refractivity contribution is -0.135. The molecule has 8 heteroatoms. The predicted octanol–water partition coefficient (Wildman–Crippen LogP) is 3.89. The lowest BCUT2D eigenvalue weighted by atomic mass is 9.96. The van der Waals surface area contributed by atoms with Crippen molar-refractivity contribution in [3.63, 3.8) is 0 Å². The van der Waals surface area contributed by atoms with E-state index in [0.717, 1.165) is 54.5 Å². The van der Waals surface area contributed by atoms with Crippen LogP contribution < -0.4 is 4.90 Å². The van der Waals surface area contributed by atoms with E-state index in [-0.39, 0.29) is 11.8 Å². The van der Waals surface area contributed by atoms with Crippen molar-refractivity contribution < 1.29 is 13.2 Å². The molecule has 35 heavy (non-hydrogen) atoms. The fraction of sp³-hybridized carbons (Fsp3) is 0.407. The Bertz CT molecular complexity index is 1310. The summed E-state index contributed by atoms with van der Waals surface area (Å²) < 4.78 is 27.4. The summed E-state index contributed by atoms with van der Waals surface area (Å²) in [4.78, 5) is 22.3. The Kier molecular flexibility index (Phi) is 6.75. The van der Waals surface area contributed by atoms with Gasteiger partial charge in [0, 0.05) is 45.2 Å². The van der Waals surface area contributed by atoms with Crippen molar-refractivity contribution in [2.24, 2.45) is 5.92 Å². The average Bonchev–Trinajstić information content (AvgIpc) is 3.44. The van der Waals surface area contributed by atoms with Gasteiger partial charge in [-0.15, -0.1) is 0 Å². The first-order valence-electron chi connectivity index (χ1n) is 12.4. The summed E-state index contributed by atoms with van der Waals surface area (Å²) in [6.07, 6.45) is 3.64. The molecule has 0 saturated carbocycles. The van der Waals surface area contributed by atoms with Gasteiger partial charge in [-0.05, 0) is 61.6 Å². The summed E-state index contributed by atoms with van der Waals surface area (Å²) in [5.41, 5.74) is 1.89. The minimum Gasteiger partial charge on any atom is -0.356 e. The van der Waals surface area contributed by atoms with Crippen molar-refractivity contribution >= 4 is 32.7 Å². The van der Waals surface area contributed by atoms with E-state index in [1.165, 1.54) is 0 Å². The van der Waals surface area contributed by atoms with Gasteiger partial charge in [0.05, 0.1) is 16.3 Å². The van der Waals surface area contributed by atoms with Crippen molar-refractivity contribution in [1.29, 1.82) is 0 Å². The first-order chi connectivity index (χ1) is 16.9. The van der Waals surface area contributed by atoms with Gasteiger partial charge in [0.2, 0.25) is 15.9 Å². The van der Waals surface area contributed by atoms with E-state index in [9.17, 15) is 13.2 Å². The van der Waals surface area contributed by atoms with Crippen LogP contribution in [0.15, 0.2) is 65.6 Å². The number of pyridine rings is 1. The number of piperidine rings is 1. The summed E-state index contributed by atoms with van der Waals surface area (Å²) in [5.74, 6) is 0.926. The number of aromatic nitrogens is 1. The summed E-state index contributed by atoms with van der Waals surface area (Å²) in [6.45, 7) is 3.27. The molecular formula is C27H32N4O3S. The molecule has 0 aliphatic carbocycles. The molecule has 2 saturated heterocycles. The Morgan fingerprint density at radius 3 is 2.54 bits per heavy atom. The zero-order valence-corrected chi connectivity index (χ0v) is 21.0. The molecule has 2 aromatic carbocycles. The summed E-state index contributed by atoms with van der Waals surface area (Å²) in [5, 5.41) is 0.807. The number of hydrogen-bond acceptors (Lipinski definition) is 5. The smallest absolute Gasteiger partial charge is 0.243 e. The highest BCUT2D eigenvalue weighted by atomic mass is 32.2. The minimum atomic E-state index is -3.46. The molecule has 0 spiro atoms. The maximum absolute atomic E-state index is 13.2. The summed E-state index contributed by atoms with van der Waals surface area (Å²) in [6, 6.07) is 19.1. The van der Waals surface area contributed by atoms with Crippen LogP contribution in [0.5, 0.6) is 0 Å². The maximum atomic E-state index is 13.2. The lowest BCUT2D eigenvalue weighted by Gasteiger charge is -2.34. The van der Waals surface area contributed by atoms with Crippen molar-refractivity contribution in [3.8, 4) is 0 Å². The molecule has 0 bridgehead atoms. The van der Waals surface area contributed by atoms with Crippen molar-refractivity contribution in [2.75, 3.05) is 38.1 Å². The molecule has 2 aliphatic rings. The van der Waals surface area contributed by atoms with E-state index >= 15 is 0 Å². The quantitative estimate of drug-likeness (QED) is 0.522. The molecule has 1 atom stereocenters. The third-order valence-electron chi connectivity index (χ3n) is 7.08. The van der Waals surface area contributed by atoms with Gasteiger partial charge < -0.3 is 9.80 Å². The average molecular weight is 493 g/mol. The molecule has 5 rings (SSSR count). The topological polar surface area (TPSA) is 73.8 Å². The number of nitrogens with zero attached hydrogens (tertiary/aromatic N) is 4. The molecule has 2 aliphatic heterocycles. The first-order valence-corrected chi connectivity index (χ1v) is 13.8. The monoisotopic (exact) mass is 492 g/mol. The number of hydrogen-bond donors (Lipinski definition) is 0. The van der Waals surface area contributed by atoms with E-state index in [4.69, 9.17) is 4.98 Å². The van der Waals surface area contributed by atoms with Crippen LogP contribution >= 0.6 is 0 Å². The maximum Gasteiger partial charge on any atom is 0.243 e. The summed E-state index contributed by atoms with van der Waals surface area (Å²) in [7, 11) is -1.58. The van der Waals surface area contributed by atoms with Gasteiger partial charge in [-0.3, -0.25) is 4.79 Å². The predicted molar refractivity (Wildman–Crippen MR) is 138 cm³/mol. The van der Waals surface area contributed by atoms with Crippen LogP contribution in [0.3, 0.4) is 0 Å². The Morgan fingerprint density at radius 2 is 1.77 bits per heavy atom. The normalized spacial score (nSPS) is 19.2. The third-order valence-corrected chi connectivity index (χ3v) is 8.98. The standard InChI is InChI=1S/C27H32N4O3S/c1-29(19-21-8-3-2-4-9-21)27(32)23-10-7-15-30(20-23)26-14-11-22-18-24(12-13-25(22)28-26)35(33,34)31-16-5-6-17-31/h2-4,8-9,11-14,18,23H,5-7,10,15-17,19-20H2,1H3. The van der Waals surface area contributed by atoms with Crippen molar-refractivity contribution in [1.82, 2.24) is 14.2 Å². The highest BCUT2D eigenvalue weighted by Gasteiger charge is 2.29. The van der Waals surface area contributed by atoms with Gasteiger partial charge in [-0.25, -0.2) is 13.4 Å². The van der Waals surface area contributed by atoms with Gasteiger partial charge in [0.25, 0.3) is 0 Å². The van der Waals surface area contributed by atoms with Crippen LogP contribution in [-0.2, 0) is 21.4 Å². The van der Waals surface area contributed by atoms with Crippen LogP contribution in [0.4, 0.5) is 5.82 Å². The van der Waals surface area contributed by atoms with Gasteiger partial charge in [0.1, 0.15) is 5.82 Å². The number of benzene rings is 2. The Balaban J connectivity index is 1.30. The fourth-order valence-corrected chi connectivity index (χ4v) is 6.69. The third kappa shape index (κ3) is 5.04. The lowest BCUT2D eigenvalue weighted by Crippen LogP contribution is -2.43. The van der Waals surface area contributed by atoms with Crippen LogP contribution in [0.2, 0.25) is 0 Å². The molecule has 184 valence electrons. The Morgan fingerprint density at radius 1 is 1.00 bits per heavy atom. The van der Waals surface area contributed by atoms with E-state index < -0.39 is 10.0 Å². The molecule has 7 nitrogen and oxygen atoms in total. The second-order valence-electron chi connectivity index (χ2n) is 9.60. The van der Waals surface area contributed by atoms with Crippen LogP contribution in [0.1, 0.15) is 31.2 Å². The van der Waals surface area contributed by atoms with Crippen LogP contribution in [0.25, 0.3) is 10.9 Å². The molecule has 1 aromatic heterocycles. The highest BCUT2D eigenvalue weighted by molar-refractivity contribution is 7.89. The number of amides is 1. The van der Waals surface area contributed by atoms with Gasteiger partial charge in [0.15, 0.2) is 0 Å². The Labute approximate surface area is 207 Å². The zero-order valence-electron chi connectivity index (χ0n) is 20.1. The number of sulfonamides is 1. The molecule has 1 unspecified atom stereocenters. The van der Waals surface area contributed by atoms with Gasteiger partial charge in [-0.1, -0.05) is 30.3 Å². The zero-order chi connectivity index (χ0) is 24.4. The van der Waals surface area contributed by atoms with E-state index in [1.807, 2.05) is 54.4 Å². The minimum absolute atomic E-state index is 0.0667. The second-order valence-corrected chi connectivity index (χ2v) is 11.5. The number of carbonyl (C=O) groups excluding carboxylic acids is 1. The molecule has 3 heterocycles. The van der Waals surface area contributed by atoms with Crippen LogP contribution in [0, 0.1) is 5.92 Å². The number of anilines is 1. The largest absolute Gasteiger partial charge is 0.356 e. The molecule has 0 N–H and O–H groups in total. The molecule has 3 aromatic rings. The molecule has 0 radical (unpaired) electrons. The highest BCUT2D eigenvalue weighted by Crippen LogP contribution is 2.28.